The van der Waals surface area contributed by atoms with Crippen molar-refractivity contribution < 1.29 is 9.47 Å². The molecule has 1 atom stereocenters. The molecule has 0 amide bonds. The Bertz CT molecular complexity index is 535. The molecule has 1 aromatic rings. The van der Waals surface area contributed by atoms with Gasteiger partial charge in [-0.1, -0.05) is 0 Å². The lowest BCUT2D eigenvalue weighted by Crippen LogP contribution is -2.41. The van der Waals surface area contributed by atoms with Crippen molar-refractivity contribution in [2.75, 3.05) is 53.1 Å². The molecule has 7 heteroatoms. The Morgan fingerprint density at radius 3 is 3.04 bits per heavy atom. The maximum Gasteiger partial charge on any atom is 0.191 e. The number of nitrogens with one attached hydrogen (secondary N) is 2. The number of guanidine groups is 1. The molecule has 1 unspecified atom stereocenters. The van der Waals surface area contributed by atoms with Gasteiger partial charge in [0.2, 0.25) is 0 Å². The quantitative estimate of drug-likeness (QED) is 0.349. The Balaban J connectivity index is 1.70. The van der Waals surface area contributed by atoms with E-state index in [2.05, 4.69) is 40.8 Å². The fourth-order valence-electron chi connectivity index (χ4n) is 2.95. The SMILES string of the molecule is CCNC(=NCC(C)N1CCc2sccc2C1)NCCCOCCOC. The van der Waals surface area contributed by atoms with Gasteiger partial charge in [0.1, 0.15) is 0 Å². The van der Waals surface area contributed by atoms with E-state index in [9.17, 15) is 0 Å². The van der Waals surface area contributed by atoms with Crippen molar-refractivity contribution in [1.29, 1.82) is 0 Å². The van der Waals surface area contributed by atoms with Gasteiger partial charge in [-0.15, -0.1) is 11.3 Å². The fraction of sp³-hybridized carbons (Fsp3) is 0.737. The molecule has 1 aliphatic heterocycles. The van der Waals surface area contributed by atoms with Crippen LogP contribution in [-0.4, -0.2) is 70.0 Å². The molecule has 0 bridgehead atoms. The highest BCUT2D eigenvalue weighted by atomic mass is 32.1. The number of aliphatic imine (C=N–C) groups is 1. The summed E-state index contributed by atoms with van der Waals surface area (Å²) in [7, 11) is 1.69. The third-order valence-electron chi connectivity index (χ3n) is 4.51. The Labute approximate surface area is 162 Å². The maximum absolute atomic E-state index is 5.48. The van der Waals surface area contributed by atoms with E-state index in [-0.39, 0.29) is 0 Å². The highest BCUT2D eigenvalue weighted by molar-refractivity contribution is 7.10. The summed E-state index contributed by atoms with van der Waals surface area (Å²) in [5.74, 6) is 0.893. The number of rotatable bonds is 11. The van der Waals surface area contributed by atoms with Gasteiger partial charge in [0.15, 0.2) is 5.96 Å². The van der Waals surface area contributed by atoms with E-state index in [0.717, 1.165) is 51.7 Å². The first kappa shape index (κ1) is 21.2. The minimum atomic E-state index is 0.441. The molecule has 0 aromatic carbocycles. The molecule has 0 spiro atoms. The van der Waals surface area contributed by atoms with E-state index in [1.54, 1.807) is 12.0 Å². The lowest BCUT2D eigenvalue weighted by atomic mass is 10.1. The van der Waals surface area contributed by atoms with Crippen LogP contribution in [0.5, 0.6) is 0 Å². The van der Waals surface area contributed by atoms with Crippen molar-refractivity contribution in [1.82, 2.24) is 15.5 Å². The zero-order valence-electron chi connectivity index (χ0n) is 16.4. The average Bonchev–Trinajstić information content (AvgIpc) is 3.12. The van der Waals surface area contributed by atoms with Gasteiger partial charge in [0.25, 0.3) is 0 Å². The number of fused-ring (bicyclic) bond motifs is 1. The van der Waals surface area contributed by atoms with Crippen molar-refractivity contribution in [2.24, 2.45) is 4.99 Å². The van der Waals surface area contributed by atoms with Gasteiger partial charge in [0.05, 0.1) is 19.8 Å². The van der Waals surface area contributed by atoms with Crippen molar-refractivity contribution in [3.8, 4) is 0 Å². The largest absolute Gasteiger partial charge is 0.382 e. The first-order valence-electron chi connectivity index (χ1n) is 9.62. The number of thiophene rings is 1. The summed E-state index contributed by atoms with van der Waals surface area (Å²) in [5, 5.41) is 8.93. The Kier molecular flexibility index (Phi) is 9.99. The summed E-state index contributed by atoms with van der Waals surface area (Å²) >= 11 is 1.89. The van der Waals surface area contributed by atoms with Crippen molar-refractivity contribution in [2.45, 2.75) is 39.3 Å². The molecule has 2 rings (SSSR count). The molecule has 0 saturated carbocycles. The van der Waals surface area contributed by atoms with E-state index in [0.29, 0.717) is 19.3 Å². The number of nitrogens with zero attached hydrogens (tertiary/aromatic N) is 2. The van der Waals surface area contributed by atoms with Gasteiger partial charge in [-0.05, 0) is 43.7 Å². The van der Waals surface area contributed by atoms with Gasteiger partial charge < -0.3 is 20.1 Å². The Hall–Kier alpha value is -1.15. The highest BCUT2D eigenvalue weighted by Crippen LogP contribution is 2.25. The summed E-state index contributed by atoms with van der Waals surface area (Å²) in [5.41, 5.74) is 1.50. The third-order valence-corrected chi connectivity index (χ3v) is 5.53. The van der Waals surface area contributed by atoms with Crippen LogP contribution >= 0.6 is 11.3 Å². The molecule has 1 aromatic heterocycles. The number of methoxy groups -OCH3 is 1. The predicted octanol–water partition coefficient (Wildman–Crippen LogP) is 2.10. The minimum Gasteiger partial charge on any atom is -0.382 e. The van der Waals surface area contributed by atoms with Crippen molar-refractivity contribution in [3.63, 3.8) is 0 Å². The topological polar surface area (TPSA) is 58.1 Å². The Morgan fingerprint density at radius 1 is 1.35 bits per heavy atom. The molecule has 148 valence electrons. The summed E-state index contributed by atoms with van der Waals surface area (Å²) in [6.45, 7) is 11.1. The fourth-order valence-corrected chi connectivity index (χ4v) is 3.84. The van der Waals surface area contributed by atoms with Crippen LogP contribution in [0.1, 0.15) is 30.7 Å². The van der Waals surface area contributed by atoms with Crippen molar-refractivity contribution >= 4 is 17.3 Å². The van der Waals surface area contributed by atoms with E-state index in [1.807, 2.05) is 11.3 Å². The van der Waals surface area contributed by atoms with E-state index in [4.69, 9.17) is 14.5 Å². The predicted molar refractivity (Wildman–Crippen MR) is 109 cm³/mol. The molecule has 0 radical (unpaired) electrons. The molecule has 0 aliphatic carbocycles. The van der Waals surface area contributed by atoms with Crippen molar-refractivity contribution in [3.05, 3.63) is 21.9 Å². The highest BCUT2D eigenvalue weighted by Gasteiger charge is 2.21. The van der Waals surface area contributed by atoms with Gasteiger partial charge >= 0.3 is 0 Å². The second kappa shape index (κ2) is 12.3. The van der Waals surface area contributed by atoms with Gasteiger partial charge in [-0.25, -0.2) is 0 Å². The van der Waals surface area contributed by atoms with E-state index < -0.39 is 0 Å². The molecule has 6 nitrogen and oxygen atoms in total. The van der Waals surface area contributed by atoms with Crippen LogP contribution in [0.25, 0.3) is 0 Å². The van der Waals surface area contributed by atoms with Crippen LogP contribution in [0.15, 0.2) is 16.4 Å². The van der Waals surface area contributed by atoms with Crippen LogP contribution < -0.4 is 10.6 Å². The molecule has 2 heterocycles. The maximum atomic E-state index is 5.48. The summed E-state index contributed by atoms with van der Waals surface area (Å²) in [6, 6.07) is 2.71. The molecule has 0 fully saturated rings. The summed E-state index contributed by atoms with van der Waals surface area (Å²) in [6.07, 6.45) is 2.12. The number of hydrogen-bond acceptors (Lipinski definition) is 5. The third kappa shape index (κ3) is 7.23. The second-order valence-corrected chi connectivity index (χ2v) is 7.54. The lowest BCUT2D eigenvalue weighted by molar-refractivity contribution is 0.0698. The monoisotopic (exact) mass is 382 g/mol. The first-order chi connectivity index (χ1) is 12.7. The zero-order chi connectivity index (χ0) is 18.6. The summed E-state index contributed by atoms with van der Waals surface area (Å²) < 4.78 is 10.4. The second-order valence-electron chi connectivity index (χ2n) is 6.54. The molecule has 26 heavy (non-hydrogen) atoms. The van der Waals surface area contributed by atoms with Crippen LogP contribution in [0, 0.1) is 0 Å². The molecule has 1 aliphatic rings. The van der Waals surface area contributed by atoms with Gasteiger partial charge in [-0.2, -0.15) is 0 Å². The zero-order valence-corrected chi connectivity index (χ0v) is 17.2. The molecular weight excluding hydrogens is 348 g/mol. The number of hydrogen-bond donors (Lipinski definition) is 2. The van der Waals surface area contributed by atoms with Crippen LogP contribution in [0.3, 0.4) is 0 Å². The Morgan fingerprint density at radius 2 is 2.23 bits per heavy atom. The lowest BCUT2D eigenvalue weighted by Gasteiger charge is -2.31. The smallest absolute Gasteiger partial charge is 0.191 e. The molecular formula is C19H34N4O2S. The van der Waals surface area contributed by atoms with Crippen LogP contribution in [-0.2, 0) is 22.4 Å². The molecule has 2 N–H and O–H groups in total. The standard InChI is InChI=1S/C19H34N4O2S/c1-4-20-19(21-8-5-10-25-12-11-24-3)22-14-16(2)23-9-6-18-17(15-23)7-13-26-18/h7,13,16H,4-6,8-12,14-15H2,1-3H3,(H2,20,21,22). The normalized spacial score (nSPS) is 16.3. The average molecular weight is 383 g/mol. The van der Waals surface area contributed by atoms with E-state index >= 15 is 0 Å². The first-order valence-corrected chi connectivity index (χ1v) is 10.5. The van der Waals surface area contributed by atoms with Crippen LogP contribution in [0.2, 0.25) is 0 Å². The number of ether oxygens (including phenoxy) is 2. The minimum absolute atomic E-state index is 0.441. The van der Waals surface area contributed by atoms with E-state index in [1.165, 1.54) is 12.0 Å². The van der Waals surface area contributed by atoms with Gasteiger partial charge in [-0.3, -0.25) is 9.89 Å². The van der Waals surface area contributed by atoms with Crippen LogP contribution in [0.4, 0.5) is 0 Å². The van der Waals surface area contributed by atoms with Gasteiger partial charge in [0, 0.05) is 50.8 Å². The molecule has 0 saturated heterocycles. The summed E-state index contributed by atoms with van der Waals surface area (Å²) in [4.78, 5) is 8.86.